The number of aliphatic hydroxyl groups excluding tert-OH is 1. The van der Waals surface area contributed by atoms with E-state index >= 15 is 0 Å². The Morgan fingerprint density at radius 3 is 3.10 bits per heavy atom. The van der Waals surface area contributed by atoms with Gasteiger partial charge in [0, 0.05) is 19.5 Å². The van der Waals surface area contributed by atoms with Gasteiger partial charge in [-0.05, 0) is 24.5 Å². The molecular formula is C15H20N2O3. The molecule has 108 valence electrons. The number of amides is 2. The van der Waals surface area contributed by atoms with Gasteiger partial charge in [0.1, 0.15) is 11.9 Å². The minimum atomic E-state index is -0.388. The van der Waals surface area contributed by atoms with Crippen molar-refractivity contribution < 1.29 is 14.6 Å². The van der Waals surface area contributed by atoms with E-state index in [0.29, 0.717) is 19.6 Å². The van der Waals surface area contributed by atoms with Crippen molar-refractivity contribution in [1.82, 2.24) is 10.2 Å². The molecule has 1 fully saturated rings. The van der Waals surface area contributed by atoms with Crippen LogP contribution in [0.1, 0.15) is 18.4 Å². The number of piperidine rings is 1. The fourth-order valence-electron chi connectivity index (χ4n) is 2.82. The number of nitrogens with zero attached hydrogens (tertiary/aromatic N) is 1. The number of hydrogen-bond donors (Lipinski definition) is 2. The predicted molar refractivity (Wildman–Crippen MR) is 74.8 cm³/mol. The number of carbonyl (C=O) groups is 1. The Bertz CT molecular complexity index is 467. The average Bonchev–Trinajstić information content (AvgIpc) is 2.87. The lowest BCUT2D eigenvalue weighted by atomic mass is 10.1. The van der Waals surface area contributed by atoms with Crippen molar-refractivity contribution in [2.75, 3.05) is 19.6 Å². The van der Waals surface area contributed by atoms with Gasteiger partial charge in [-0.3, -0.25) is 0 Å². The van der Waals surface area contributed by atoms with Gasteiger partial charge in [0.05, 0.1) is 12.6 Å². The molecule has 2 heterocycles. The van der Waals surface area contributed by atoms with E-state index in [1.807, 2.05) is 18.2 Å². The van der Waals surface area contributed by atoms with Gasteiger partial charge in [-0.1, -0.05) is 18.2 Å². The van der Waals surface area contributed by atoms with Gasteiger partial charge in [-0.15, -0.1) is 0 Å². The number of ether oxygens (including phenoxy) is 1. The highest BCUT2D eigenvalue weighted by atomic mass is 16.5. The first-order valence-corrected chi connectivity index (χ1v) is 7.18. The number of hydrogen-bond acceptors (Lipinski definition) is 3. The molecule has 0 spiro atoms. The molecule has 2 aliphatic heterocycles. The molecule has 0 saturated carbocycles. The van der Waals surface area contributed by atoms with Gasteiger partial charge in [-0.25, -0.2) is 4.79 Å². The highest BCUT2D eigenvalue weighted by Crippen LogP contribution is 2.27. The molecule has 3 rings (SSSR count). The van der Waals surface area contributed by atoms with E-state index in [0.717, 1.165) is 25.0 Å². The number of likely N-dealkylation sites (tertiary alicyclic amines) is 1. The van der Waals surface area contributed by atoms with E-state index in [4.69, 9.17) is 4.74 Å². The van der Waals surface area contributed by atoms with Crippen LogP contribution in [0.25, 0.3) is 0 Å². The smallest absolute Gasteiger partial charge is 0.317 e. The van der Waals surface area contributed by atoms with Crippen LogP contribution in [0.15, 0.2) is 24.3 Å². The van der Waals surface area contributed by atoms with Gasteiger partial charge < -0.3 is 20.1 Å². The summed E-state index contributed by atoms with van der Waals surface area (Å²) in [5, 5.41) is 12.5. The predicted octanol–water partition coefficient (Wildman–Crippen LogP) is 1.16. The minimum Gasteiger partial charge on any atom is -0.488 e. The lowest BCUT2D eigenvalue weighted by molar-refractivity contribution is 0.0833. The Hall–Kier alpha value is -1.75. The maximum atomic E-state index is 12.0. The lowest BCUT2D eigenvalue weighted by Gasteiger charge is -2.30. The minimum absolute atomic E-state index is 0.00561. The molecule has 20 heavy (non-hydrogen) atoms. The fourth-order valence-corrected chi connectivity index (χ4v) is 2.82. The summed E-state index contributed by atoms with van der Waals surface area (Å²) in [6.07, 6.45) is 2.09. The van der Waals surface area contributed by atoms with Crippen molar-refractivity contribution in [2.45, 2.75) is 31.5 Å². The number of benzene rings is 1. The molecule has 5 nitrogen and oxygen atoms in total. The summed E-state index contributed by atoms with van der Waals surface area (Å²) in [7, 11) is 0. The average molecular weight is 276 g/mol. The first-order chi connectivity index (χ1) is 9.72. The first-order valence-electron chi connectivity index (χ1n) is 7.18. The summed E-state index contributed by atoms with van der Waals surface area (Å²) in [5.74, 6) is 0.917. The summed E-state index contributed by atoms with van der Waals surface area (Å²) >= 11 is 0. The lowest BCUT2D eigenvalue weighted by Crippen LogP contribution is -2.49. The van der Waals surface area contributed by atoms with Gasteiger partial charge >= 0.3 is 6.03 Å². The maximum Gasteiger partial charge on any atom is 0.317 e. The molecule has 2 atom stereocenters. The van der Waals surface area contributed by atoms with Crippen LogP contribution in [0.5, 0.6) is 5.75 Å². The van der Waals surface area contributed by atoms with E-state index in [1.54, 1.807) is 4.90 Å². The summed E-state index contributed by atoms with van der Waals surface area (Å²) in [6.45, 7) is 1.65. The normalized spacial score (nSPS) is 24.9. The third-order valence-corrected chi connectivity index (χ3v) is 3.88. The molecule has 1 saturated heterocycles. The summed E-state index contributed by atoms with van der Waals surface area (Å²) < 4.78 is 5.78. The SMILES string of the molecule is O=C(NCC1Cc2ccccc2O1)N1CCCC(O)C1. The number of β-amino-alcohol motifs (C(OH)–C–C–N with tert-alkyl or cyclic N) is 1. The molecule has 0 bridgehead atoms. The molecule has 0 aliphatic carbocycles. The van der Waals surface area contributed by atoms with Crippen LogP contribution in [0.4, 0.5) is 4.79 Å². The topological polar surface area (TPSA) is 61.8 Å². The van der Waals surface area contributed by atoms with Crippen LogP contribution in [0, 0.1) is 0 Å². The Kier molecular flexibility index (Phi) is 3.78. The van der Waals surface area contributed by atoms with Gasteiger partial charge in [0.25, 0.3) is 0 Å². The molecular weight excluding hydrogens is 256 g/mol. The Balaban J connectivity index is 1.47. The van der Waals surface area contributed by atoms with Crippen LogP contribution < -0.4 is 10.1 Å². The van der Waals surface area contributed by atoms with E-state index in [2.05, 4.69) is 11.4 Å². The molecule has 2 aliphatic rings. The van der Waals surface area contributed by atoms with Crippen molar-refractivity contribution in [3.8, 4) is 5.75 Å². The van der Waals surface area contributed by atoms with Gasteiger partial charge in [0.15, 0.2) is 0 Å². The largest absolute Gasteiger partial charge is 0.488 e. The third kappa shape index (κ3) is 2.88. The Labute approximate surface area is 118 Å². The van der Waals surface area contributed by atoms with Crippen molar-refractivity contribution in [3.63, 3.8) is 0 Å². The summed E-state index contributed by atoms with van der Waals surface area (Å²) in [4.78, 5) is 13.7. The standard InChI is InChI=1S/C15H20N2O3/c18-12-5-3-7-17(10-12)15(19)16-9-13-8-11-4-1-2-6-14(11)20-13/h1-2,4,6,12-13,18H,3,5,7-10H2,(H,16,19). The van der Waals surface area contributed by atoms with Crippen molar-refractivity contribution in [2.24, 2.45) is 0 Å². The number of rotatable bonds is 2. The number of fused-ring (bicyclic) bond motifs is 1. The van der Waals surface area contributed by atoms with E-state index in [9.17, 15) is 9.90 Å². The van der Waals surface area contributed by atoms with Crippen LogP contribution in [0.2, 0.25) is 0 Å². The molecule has 5 heteroatoms. The fraction of sp³-hybridized carbons (Fsp3) is 0.533. The van der Waals surface area contributed by atoms with Crippen molar-refractivity contribution >= 4 is 6.03 Å². The highest BCUT2D eigenvalue weighted by molar-refractivity contribution is 5.74. The number of para-hydroxylation sites is 1. The number of urea groups is 1. The van der Waals surface area contributed by atoms with Crippen LogP contribution in [0.3, 0.4) is 0 Å². The van der Waals surface area contributed by atoms with Crippen molar-refractivity contribution in [3.05, 3.63) is 29.8 Å². The van der Waals surface area contributed by atoms with E-state index in [-0.39, 0.29) is 18.2 Å². The van der Waals surface area contributed by atoms with E-state index < -0.39 is 0 Å². The van der Waals surface area contributed by atoms with Crippen molar-refractivity contribution in [1.29, 1.82) is 0 Å². The molecule has 2 unspecified atom stereocenters. The Morgan fingerprint density at radius 2 is 2.30 bits per heavy atom. The number of carbonyl (C=O) groups excluding carboxylic acids is 1. The third-order valence-electron chi connectivity index (χ3n) is 3.88. The second-order valence-electron chi connectivity index (χ2n) is 5.48. The van der Waals surface area contributed by atoms with E-state index in [1.165, 1.54) is 5.56 Å². The second kappa shape index (κ2) is 5.71. The van der Waals surface area contributed by atoms with Gasteiger partial charge in [-0.2, -0.15) is 0 Å². The second-order valence-corrected chi connectivity index (χ2v) is 5.48. The highest BCUT2D eigenvalue weighted by Gasteiger charge is 2.25. The first kappa shape index (κ1) is 13.2. The molecule has 0 radical (unpaired) electrons. The summed E-state index contributed by atoms with van der Waals surface area (Å²) in [5.41, 5.74) is 1.19. The molecule has 0 aromatic heterocycles. The molecule has 1 aromatic rings. The van der Waals surface area contributed by atoms with Crippen LogP contribution >= 0.6 is 0 Å². The zero-order valence-corrected chi connectivity index (χ0v) is 11.4. The molecule has 2 amide bonds. The molecule has 2 N–H and O–H groups in total. The zero-order chi connectivity index (χ0) is 13.9. The monoisotopic (exact) mass is 276 g/mol. The Morgan fingerprint density at radius 1 is 1.45 bits per heavy atom. The molecule has 1 aromatic carbocycles. The zero-order valence-electron chi connectivity index (χ0n) is 11.4. The number of nitrogens with one attached hydrogen (secondary N) is 1. The van der Waals surface area contributed by atoms with Crippen LogP contribution in [-0.4, -0.2) is 47.9 Å². The number of aliphatic hydroxyl groups is 1. The van der Waals surface area contributed by atoms with Crippen LogP contribution in [-0.2, 0) is 6.42 Å². The van der Waals surface area contributed by atoms with Gasteiger partial charge in [0.2, 0.25) is 0 Å². The quantitative estimate of drug-likeness (QED) is 0.852. The maximum absolute atomic E-state index is 12.0. The summed E-state index contributed by atoms with van der Waals surface area (Å²) in [6, 6.07) is 7.85.